The fourth-order valence-electron chi connectivity index (χ4n) is 6.69. The van der Waals surface area contributed by atoms with Crippen molar-refractivity contribution in [1.82, 2.24) is 19.6 Å². The van der Waals surface area contributed by atoms with Crippen LogP contribution in [0.4, 0.5) is 18.9 Å². The Kier molecular flexibility index (Phi) is 7.83. The number of anilines is 1. The Labute approximate surface area is 243 Å². The molecule has 0 saturated carbocycles. The number of nitrogens with zero attached hydrogens (tertiary/aromatic N) is 5. The van der Waals surface area contributed by atoms with Gasteiger partial charge in [-0.2, -0.15) is 18.3 Å². The number of carbonyl (C=O) groups excluding carboxylic acids is 2. The van der Waals surface area contributed by atoms with Crippen LogP contribution in [-0.2, 0) is 41.7 Å². The van der Waals surface area contributed by atoms with Crippen LogP contribution >= 0.6 is 0 Å². The minimum absolute atomic E-state index is 0.0232. The second-order valence-electron chi connectivity index (χ2n) is 11.6. The number of benzene rings is 2. The normalized spacial score (nSPS) is 18.2. The molecule has 42 heavy (non-hydrogen) atoms. The van der Waals surface area contributed by atoms with Gasteiger partial charge in [0.25, 0.3) is 0 Å². The summed E-state index contributed by atoms with van der Waals surface area (Å²) >= 11 is 0. The summed E-state index contributed by atoms with van der Waals surface area (Å²) in [7, 11) is 0. The van der Waals surface area contributed by atoms with E-state index < -0.39 is 11.7 Å². The van der Waals surface area contributed by atoms with Crippen molar-refractivity contribution < 1.29 is 22.8 Å². The van der Waals surface area contributed by atoms with Crippen molar-refractivity contribution in [3.8, 4) is 11.3 Å². The third-order valence-corrected chi connectivity index (χ3v) is 8.96. The van der Waals surface area contributed by atoms with E-state index >= 15 is 0 Å². The number of hydrogen-bond donors (Lipinski definition) is 0. The summed E-state index contributed by atoms with van der Waals surface area (Å²) in [5.41, 5.74) is 4.89. The lowest BCUT2D eigenvalue weighted by atomic mass is 9.95. The van der Waals surface area contributed by atoms with Crippen molar-refractivity contribution in [2.24, 2.45) is 0 Å². The van der Waals surface area contributed by atoms with Gasteiger partial charge in [0.2, 0.25) is 11.8 Å². The van der Waals surface area contributed by atoms with E-state index in [9.17, 15) is 22.8 Å². The highest BCUT2D eigenvalue weighted by molar-refractivity contribution is 5.97. The highest BCUT2D eigenvalue weighted by atomic mass is 19.4. The average molecular weight is 580 g/mol. The molecule has 0 unspecified atom stereocenters. The monoisotopic (exact) mass is 579 g/mol. The molecule has 0 bridgehead atoms. The van der Waals surface area contributed by atoms with Crippen LogP contribution in [0.5, 0.6) is 0 Å². The molecule has 3 aromatic rings. The van der Waals surface area contributed by atoms with Crippen LogP contribution in [-0.4, -0.2) is 63.6 Å². The first-order valence-corrected chi connectivity index (χ1v) is 14.8. The van der Waals surface area contributed by atoms with E-state index in [1.54, 1.807) is 4.90 Å². The molecule has 7 nitrogen and oxygen atoms in total. The van der Waals surface area contributed by atoms with E-state index in [0.29, 0.717) is 43.7 Å². The van der Waals surface area contributed by atoms with Crippen LogP contribution in [0.3, 0.4) is 0 Å². The Morgan fingerprint density at radius 2 is 1.69 bits per heavy atom. The number of aromatic nitrogens is 2. The third kappa shape index (κ3) is 5.69. The molecule has 6 rings (SSSR count). The Hall–Kier alpha value is -3.66. The number of rotatable bonds is 6. The smallest absolute Gasteiger partial charge is 0.338 e. The number of alkyl halides is 3. The number of hydrogen-bond acceptors (Lipinski definition) is 4. The van der Waals surface area contributed by atoms with Crippen LogP contribution in [0.2, 0.25) is 0 Å². The lowest BCUT2D eigenvalue weighted by Crippen LogP contribution is -2.49. The van der Waals surface area contributed by atoms with Crippen LogP contribution < -0.4 is 4.90 Å². The number of amides is 2. The van der Waals surface area contributed by atoms with E-state index in [0.717, 1.165) is 74.4 Å². The molecule has 1 saturated heterocycles. The molecule has 1 aromatic heterocycles. The zero-order valence-electron chi connectivity index (χ0n) is 23.9. The van der Waals surface area contributed by atoms with Gasteiger partial charge < -0.3 is 14.7 Å². The van der Waals surface area contributed by atoms with Crippen LogP contribution in [0.25, 0.3) is 11.3 Å². The van der Waals surface area contributed by atoms with Gasteiger partial charge in [-0.05, 0) is 56.0 Å². The molecule has 0 spiro atoms. The molecule has 2 aromatic carbocycles. The minimum atomic E-state index is -4.40. The lowest BCUT2D eigenvalue weighted by Gasteiger charge is -2.41. The highest BCUT2D eigenvalue weighted by Crippen LogP contribution is 2.35. The van der Waals surface area contributed by atoms with Crippen molar-refractivity contribution >= 4 is 17.5 Å². The number of aryl methyl sites for hydroxylation is 2. The van der Waals surface area contributed by atoms with E-state index in [1.165, 1.54) is 24.6 Å². The van der Waals surface area contributed by atoms with Gasteiger partial charge in [-0.1, -0.05) is 30.3 Å². The predicted octanol–water partition coefficient (Wildman–Crippen LogP) is 5.31. The molecule has 3 aliphatic heterocycles. The van der Waals surface area contributed by atoms with Crippen molar-refractivity contribution in [3.63, 3.8) is 0 Å². The largest absolute Gasteiger partial charge is 0.416 e. The number of likely N-dealkylation sites (tertiary alicyclic amines) is 1. The zero-order chi connectivity index (χ0) is 29.4. The predicted molar refractivity (Wildman–Crippen MR) is 154 cm³/mol. The van der Waals surface area contributed by atoms with Gasteiger partial charge in [0.1, 0.15) is 0 Å². The van der Waals surface area contributed by atoms with E-state index in [1.807, 2.05) is 21.7 Å². The van der Waals surface area contributed by atoms with Gasteiger partial charge in [0, 0.05) is 81.0 Å². The Morgan fingerprint density at radius 3 is 2.40 bits per heavy atom. The first-order chi connectivity index (χ1) is 20.2. The first-order valence-electron chi connectivity index (χ1n) is 14.8. The summed E-state index contributed by atoms with van der Waals surface area (Å²) in [6.45, 7) is 6.01. The highest BCUT2D eigenvalue weighted by Gasteiger charge is 2.33. The lowest BCUT2D eigenvalue weighted by molar-refractivity contribution is -0.137. The molecule has 0 aliphatic carbocycles. The maximum Gasteiger partial charge on any atom is 0.416 e. The molecular formula is C32H36F3N5O2. The maximum absolute atomic E-state index is 13.1. The Bertz CT molecular complexity index is 1460. The van der Waals surface area contributed by atoms with Gasteiger partial charge in [-0.25, -0.2) is 0 Å². The summed E-state index contributed by atoms with van der Waals surface area (Å²) in [6, 6.07) is 13.6. The molecule has 2 amide bonds. The SMILES string of the molecule is CC(=O)N1CCc2c(c(-c3ccc(C(F)(F)F)cc3)nn2CCCN2CCC(N3C(=O)CCc4ccccc43)CC2)C1. The summed E-state index contributed by atoms with van der Waals surface area (Å²) in [6.07, 6.45) is 0.419. The van der Waals surface area contributed by atoms with Crippen molar-refractivity contribution in [2.45, 2.75) is 70.8 Å². The summed E-state index contributed by atoms with van der Waals surface area (Å²) in [4.78, 5) is 31.2. The standard InChI is InChI=1S/C32H36F3N5O2/c1-22(41)38-20-15-29-27(21-38)31(24-7-10-25(11-8-24)32(33,34)35)36-39(29)17-4-16-37-18-13-26(14-19-37)40-28-6-3-2-5-23(28)9-12-30(40)42/h2-3,5-8,10-11,26H,4,9,12-21H2,1H3. The second kappa shape index (κ2) is 11.6. The van der Waals surface area contributed by atoms with Gasteiger partial charge in [-0.15, -0.1) is 0 Å². The van der Waals surface area contributed by atoms with Gasteiger partial charge in [0.15, 0.2) is 0 Å². The minimum Gasteiger partial charge on any atom is -0.338 e. The third-order valence-electron chi connectivity index (χ3n) is 8.96. The molecule has 0 N–H and O–H groups in total. The topological polar surface area (TPSA) is 61.7 Å². The Balaban J connectivity index is 1.11. The molecule has 10 heteroatoms. The quantitative estimate of drug-likeness (QED) is 0.397. The fraction of sp³-hybridized carbons (Fsp3) is 0.469. The zero-order valence-corrected chi connectivity index (χ0v) is 23.9. The summed E-state index contributed by atoms with van der Waals surface area (Å²) < 4.78 is 41.4. The van der Waals surface area contributed by atoms with Crippen molar-refractivity contribution in [3.05, 3.63) is 70.9 Å². The second-order valence-corrected chi connectivity index (χ2v) is 11.6. The van der Waals surface area contributed by atoms with E-state index in [-0.39, 0.29) is 17.9 Å². The van der Waals surface area contributed by atoms with Gasteiger partial charge in [-0.3, -0.25) is 14.3 Å². The van der Waals surface area contributed by atoms with Crippen molar-refractivity contribution in [2.75, 3.05) is 31.1 Å². The number of para-hydroxylation sites is 1. The van der Waals surface area contributed by atoms with Gasteiger partial charge >= 0.3 is 6.18 Å². The van der Waals surface area contributed by atoms with Crippen LogP contribution in [0, 0.1) is 0 Å². The molecule has 4 heterocycles. The molecule has 3 aliphatic rings. The van der Waals surface area contributed by atoms with Crippen molar-refractivity contribution in [1.29, 1.82) is 0 Å². The average Bonchev–Trinajstić information content (AvgIpc) is 3.35. The van der Waals surface area contributed by atoms with Gasteiger partial charge in [0.05, 0.1) is 11.3 Å². The molecule has 0 atom stereocenters. The Morgan fingerprint density at radius 1 is 0.952 bits per heavy atom. The number of piperidine rings is 1. The maximum atomic E-state index is 13.1. The number of fused-ring (bicyclic) bond motifs is 2. The van der Waals surface area contributed by atoms with Crippen LogP contribution in [0.15, 0.2) is 48.5 Å². The number of carbonyl (C=O) groups is 2. The van der Waals surface area contributed by atoms with E-state index in [4.69, 9.17) is 5.10 Å². The first kappa shape index (κ1) is 28.5. The summed E-state index contributed by atoms with van der Waals surface area (Å²) in [5.74, 6) is 0.202. The summed E-state index contributed by atoms with van der Waals surface area (Å²) in [5, 5.41) is 4.87. The molecule has 0 radical (unpaired) electrons. The molecule has 1 fully saturated rings. The molecular weight excluding hydrogens is 543 g/mol. The molecule has 222 valence electrons. The number of halogens is 3. The van der Waals surface area contributed by atoms with E-state index in [2.05, 4.69) is 17.0 Å². The fourth-order valence-corrected chi connectivity index (χ4v) is 6.69. The van der Waals surface area contributed by atoms with Crippen LogP contribution in [0.1, 0.15) is 55.0 Å².